The molecule has 1 rings (SSSR count). The monoisotopic (exact) mass is 243 g/mol. The van der Waals surface area contributed by atoms with E-state index < -0.39 is 0 Å². The molecule has 0 saturated carbocycles. The summed E-state index contributed by atoms with van der Waals surface area (Å²) >= 11 is 0. The van der Waals surface area contributed by atoms with Crippen LogP contribution in [0.15, 0.2) is 0 Å². The Kier molecular flexibility index (Phi) is 4.20. The molecule has 1 fully saturated rings. The highest BCUT2D eigenvalue weighted by atomic mass is 16.5. The lowest BCUT2D eigenvalue weighted by molar-refractivity contribution is -0.956. The largest absolute Gasteiger partial charge is 0.634 e. The van der Waals surface area contributed by atoms with Gasteiger partial charge in [0.25, 0.3) is 0 Å². The quantitative estimate of drug-likeness (QED) is 0.602. The number of rotatable bonds is 3. The van der Waals surface area contributed by atoms with Gasteiger partial charge in [-0.2, -0.15) is 0 Å². The van der Waals surface area contributed by atoms with Gasteiger partial charge in [0.2, 0.25) is 0 Å². The van der Waals surface area contributed by atoms with E-state index in [1.807, 2.05) is 34.6 Å². The maximum atomic E-state index is 12.2. The SMILES string of the molecule is CCCC(=O)OC1CC(C)(C)[NH+]([O-])C(C)(C)C1. The summed E-state index contributed by atoms with van der Waals surface area (Å²) in [6.07, 6.45) is 2.44. The second-order valence-corrected chi connectivity index (χ2v) is 6.37. The van der Waals surface area contributed by atoms with Crippen LogP contribution in [0.3, 0.4) is 0 Å². The van der Waals surface area contributed by atoms with Crippen LogP contribution in [-0.2, 0) is 9.53 Å². The predicted molar refractivity (Wildman–Crippen MR) is 66.5 cm³/mol. The molecule has 1 aliphatic rings. The average molecular weight is 243 g/mol. The van der Waals surface area contributed by atoms with Gasteiger partial charge in [-0.25, -0.2) is 0 Å². The number of ether oxygens (including phenoxy) is 1. The maximum absolute atomic E-state index is 12.2. The van der Waals surface area contributed by atoms with E-state index in [0.717, 1.165) is 6.42 Å². The number of hydrogen-bond acceptors (Lipinski definition) is 3. The lowest BCUT2D eigenvalue weighted by Crippen LogP contribution is -3.23. The highest BCUT2D eigenvalue weighted by molar-refractivity contribution is 5.69. The van der Waals surface area contributed by atoms with Gasteiger partial charge in [0.15, 0.2) is 0 Å². The van der Waals surface area contributed by atoms with Gasteiger partial charge < -0.3 is 15.0 Å². The zero-order valence-electron chi connectivity index (χ0n) is 11.6. The first kappa shape index (κ1) is 14.5. The fourth-order valence-electron chi connectivity index (χ4n) is 2.84. The number of carbonyl (C=O) groups is 1. The molecule has 1 heterocycles. The van der Waals surface area contributed by atoms with Gasteiger partial charge >= 0.3 is 5.97 Å². The molecular weight excluding hydrogens is 218 g/mol. The molecule has 0 amide bonds. The Labute approximate surface area is 104 Å². The first-order chi connectivity index (χ1) is 7.69. The smallest absolute Gasteiger partial charge is 0.306 e. The fourth-order valence-corrected chi connectivity index (χ4v) is 2.84. The van der Waals surface area contributed by atoms with Crippen LogP contribution in [0.2, 0.25) is 0 Å². The van der Waals surface area contributed by atoms with Crippen LogP contribution in [0, 0.1) is 5.21 Å². The standard InChI is InChI=1S/C13H25NO3/c1-6-7-11(15)17-10-8-12(2,3)14(16)13(4,5)9-10/h10,14H,6-9H2,1-5H3. The molecule has 0 aromatic rings. The van der Waals surface area contributed by atoms with E-state index in [2.05, 4.69) is 0 Å². The van der Waals surface area contributed by atoms with Crippen molar-refractivity contribution in [3.63, 3.8) is 0 Å². The van der Waals surface area contributed by atoms with Gasteiger partial charge in [0.1, 0.15) is 6.10 Å². The van der Waals surface area contributed by atoms with Crippen LogP contribution in [0.25, 0.3) is 0 Å². The maximum Gasteiger partial charge on any atom is 0.306 e. The molecule has 0 unspecified atom stereocenters. The van der Waals surface area contributed by atoms with E-state index in [0.29, 0.717) is 19.3 Å². The number of quaternary nitrogens is 1. The fraction of sp³-hybridized carbons (Fsp3) is 0.923. The molecule has 0 radical (unpaired) electrons. The summed E-state index contributed by atoms with van der Waals surface area (Å²) < 4.78 is 5.46. The summed E-state index contributed by atoms with van der Waals surface area (Å²) in [4.78, 5) is 11.5. The van der Waals surface area contributed by atoms with E-state index in [-0.39, 0.29) is 28.2 Å². The van der Waals surface area contributed by atoms with E-state index in [4.69, 9.17) is 4.74 Å². The molecule has 0 aromatic heterocycles. The second-order valence-electron chi connectivity index (χ2n) is 6.37. The Morgan fingerprint density at radius 2 is 1.76 bits per heavy atom. The van der Waals surface area contributed by atoms with E-state index in [9.17, 15) is 10.0 Å². The van der Waals surface area contributed by atoms with Crippen molar-refractivity contribution in [3.8, 4) is 0 Å². The summed E-state index contributed by atoms with van der Waals surface area (Å²) in [6.45, 7) is 9.72. The van der Waals surface area contributed by atoms with E-state index in [1.165, 1.54) is 0 Å². The first-order valence-corrected chi connectivity index (χ1v) is 6.43. The number of carbonyl (C=O) groups excluding carboxylic acids is 1. The third-order valence-electron chi connectivity index (χ3n) is 3.46. The van der Waals surface area contributed by atoms with Crippen molar-refractivity contribution >= 4 is 5.97 Å². The Hall–Kier alpha value is -0.610. The summed E-state index contributed by atoms with van der Waals surface area (Å²) in [5, 5.41) is 12.5. The van der Waals surface area contributed by atoms with Gasteiger partial charge in [0.05, 0.1) is 11.1 Å². The molecule has 0 aromatic carbocycles. The van der Waals surface area contributed by atoms with Crippen LogP contribution in [0.5, 0.6) is 0 Å². The van der Waals surface area contributed by atoms with Gasteiger partial charge in [-0.3, -0.25) is 4.79 Å². The number of esters is 1. The normalized spacial score (nSPS) is 30.9. The molecule has 17 heavy (non-hydrogen) atoms. The van der Waals surface area contributed by atoms with E-state index >= 15 is 0 Å². The number of hydrogen-bond donors (Lipinski definition) is 1. The topological polar surface area (TPSA) is 53.8 Å². The summed E-state index contributed by atoms with van der Waals surface area (Å²) in [7, 11) is 0. The van der Waals surface area contributed by atoms with Crippen LogP contribution < -0.4 is 5.06 Å². The summed E-state index contributed by atoms with van der Waals surface area (Å²) in [5.74, 6) is -0.140. The van der Waals surface area contributed by atoms with Crippen molar-refractivity contribution in [2.24, 2.45) is 0 Å². The average Bonchev–Trinajstić information content (AvgIpc) is 2.13. The third kappa shape index (κ3) is 3.42. The van der Waals surface area contributed by atoms with Crippen LogP contribution >= 0.6 is 0 Å². The zero-order valence-corrected chi connectivity index (χ0v) is 11.6. The van der Waals surface area contributed by atoms with Crippen molar-refractivity contribution < 1.29 is 14.6 Å². The lowest BCUT2D eigenvalue weighted by atomic mass is 9.80. The highest BCUT2D eigenvalue weighted by Crippen LogP contribution is 2.26. The Morgan fingerprint density at radius 3 is 2.18 bits per heavy atom. The van der Waals surface area contributed by atoms with Crippen molar-refractivity contribution in [1.82, 2.24) is 0 Å². The Bertz CT molecular complexity index is 268. The van der Waals surface area contributed by atoms with Crippen LogP contribution in [-0.4, -0.2) is 23.2 Å². The second kappa shape index (κ2) is 4.94. The van der Waals surface area contributed by atoms with Gasteiger partial charge in [-0.1, -0.05) is 6.92 Å². The van der Waals surface area contributed by atoms with E-state index in [1.54, 1.807) is 0 Å². The Balaban J connectivity index is 2.68. The van der Waals surface area contributed by atoms with Gasteiger partial charge in [-0.15, -0.1) is 0 Å². The lowest BCUT2D eigenvalue weighted by Gasteiger charge is -2.54. The highest BCUT2D eigenvalue weighted by Gasteiger charge is 2.46. The number of hydroxylamine groups is 2. The summed E-state index contributed by atoms with van der Waals surface area (Å²) in [6, 6.07) is 0. The van der Waals surface area contributed by atoms with Crippen LogP contribution in [0.1, 0.15) is 60.3 Å². The van der Waals surface area contributed by atoms with Crippen LogP contribution in [0.4, 0.5) is 0 Å². The Morgan fingerprint density at radius 1 is 1.29 bits per heavy atom. The van der Waals surface area contributed by atoms with Gasteiger partial charge in [-0.05, 0) is 34.1 Å². The summed E-state index contributed by atoms with van der Waals surface area (Å²) in [5.41, 5.74) is -0.780. The van der Waals surface area contributed by atoms with Crippen molar-refractivity contribution in [2.75, 3.05) is 0 Å². The van der Waals surface area contributed by atoms with Crippen molar-refractivity contribution in [1.29, 1.82) is 0 Å². The molecule has 4 heteroatoms. The third-order valence-corrected chi connectivity index (χ3v) is 3.46. The number of nitrogens with one attached hydrogen (secondary N) is 1. The molecular formula is C13H25NO3. The van der Waals surface area contributed by atoms with Gasteiger partial charge in [0, 0.05) is 19.3 Å². The van der Waals surface area contributed by atoms with Crippen molar-refractivity contribution in [3.05, 3.63) is 5.21 Å². The molecule has 0 aliphatic carbocycles. The minimum absolute atomic E-state index is 0.114. The minimum atomic E-state index is -0.390. The first-order valence-electron chi connectivity index (χ1n) is 6.43. The number of piperidine rings is 1. The molecule has 100 valence electrons. The molecule has 0 bridgehead atoms. The molecule has 1 N–H and O–H groups in total. The van der Waals surface area contributed by atoms with Crippen molar-refractivity contribution in [2.45, 2.75) is 77.5 Å². The molecule has 0 atom stereocenters. The molecule has 0 spiro atoms. The predicted octanol–water partition coefficient (Wildman–Crippen LogP) is 1.43. The zero-order chi connectivity index (χ0) is 13.3. The molecule has 4 nitrogen and oxygen atoms in total. The minimum Gasteiger partial charge on any atom is -0.634 e. The molecule has 1 aliphatic heterocycles. The molecule has 1 saturated heterocycles.